The van der Waals surface area contributed by atoms with Gasteiger partial charge in [0.05, 0.1) is 5.52 Å². The lowest BCUT2D eigenvalue weighted by molar-refractivity contribution is 0.739. The first-order valence-corrected chi connectivity index (χ1v) is 7.33. The molecule has 0 saturated carbocycles. The normalized spacial score (nSPS) is 10.9. The summed E-state index contributed by atoms with van der Waals surface area (Å²) < 4.78 is 4.49. The molecule has 2 aromatic rings. The quantitative estimate of drug-likeness (QED) is 0.732. The molecule has 0 unspecified atom stereocenters. The van der Waals surface area contributed by atoms with Crippen molar-refractivity contribution >= 4 is 39.0 Å². The minimum Gasteiger partial charge on any atom is -0.360 e. The summed E-state index contributed by atoms with van der Waals surface area (Å²) in [6.07, 6.45) is 2.40. The maximum atomic E-state index is 5.89. The van der Waals surface area contributed by atoms with Crippen LogP contribution in [0.4, 0.5) is 5.00 Å². The van der Waals surface area contributed by atoms with Crippen molar-refractivity contribution < 1.29 is 0 Å². The van der Waals surface area contributed by atoms with Crippen LogP contribution < -0.4 is 4.90 Å². The molecule has 0 aliphatic carbocycles. The van der Waals surface area contributed by atoms with Crippen LogP contribution in [0, 0.1) is 0 Å². The molecule has 0 fully saturated rings. The van der Waals surface area contributed by atoms with Gasteiger partial charge >= 0.3 is 0 Å². The molecular formula is C13H17ClN2S. The van der Waals surface area contributed by atoms with E-state index in [-0.39, 0.29) is 0 Å². The average Bonchev–Trinajstić information content (AvgIpc) is 2.78. The summed E-state index contributed by atoms with van der Waals surface area (Å²) >= 11 is 7.46. The van der Waals surface area contributed by atoms with Gasteiger partial charge in [-0.15, -0.1) is 11.6 Å². The first-order valence-electron chi connectivity index (χ1n) is 6.02. The smallest absolute Gasteiger partial charge is 0.120 e. The topological polar surface area (TPSA) is 16.1 Å². The number of alkyl halides is 1. The maximum Gasteiger partial charge on any atom is 0.120 e. The number of benzene rings is 1. The van der Waals surface area contributed by atoms with Crippen LogP contribution in [0.25, 0.3) is 10.9 Å². The summed E-state index contributed by atoms with van der Waals surface area (Å²) in [5.74, 6) is 0.663. The molecule has 0 aliphatic heterocycles. The predicted octanol–water partition coefficient (Wildman–Crippen LogP) is 4.14. The molecule has 0 N–H and O–H groups in total. The van der Waals surface area contributed by atoms with E-state index in [1.54, 1.807) is 11.5 Å². The summed E-state index contributed by atoms with van der Waals surface area (Å²) in [4.78, 5) is 2.36. The van der Waals surface area contributed by atoms with Crippen molar-refractivity contribution in [3.05, 3.63) is 24.3 Å². The molecule has 0 amide bonds. The second-order valence-electron chi connectivity index (χ2n) is 4.03. The van der Waals surface area contributed by atoms with Crippen molar-refractivity contribution in [2.45, 2.75) is 19.8 Å². The zero-order valence-corrected chi connectivity index (χ0v) is 11.6. The molecule has 0 radical (unpaired) electrons. The molecule has 0 saturated heterocycles. The third-order valence-electron chi connectivity index (χ3n) is 2.79. The average molecular weight is 269 g/mol. The Bertz CT molecular complexity index is 469. The number of aromatic nitrogens is 1. The van der Waals surface area contributed by atoms with Gasteiger partial charge in [0, 0.05) is 24.4 Å². The molecule has 0 atom stereocenters. The Morgan fingerprint density at radius 1 is 1.29 bits per heavy atom. The standard InChI is InChI=1S/C13H17ClN2S/c1-2-3-9-16(10-8-14)13-11-6-4-5-7-12(11)15-17-13/h4-7H,2-3,8-10H2,1H3. The van der Waals surface area contributed by atoms with E-state index in [2.05, 4.69) is 34.4 Å². The second kappa shape index (κ2) is 6.22. The number of hydrogen-bond acceptors (Lipinski definition) is 3. The number of rotatable bonds is 6. The summed E-state index contributed by atoms with van der Waals surface area (Å²) in [7, 11) is 0. The molecule has 4 heteroatoms. The molecule has 2 rings (SSSR count). The first-order chi connectivity index (χ1) is 8.36. The van der Waals surface area contributed by atoms with E-state index in [4.69, 9.17) is 11.6 Å². The highest BCUT2D eigenvalue weighted by molar-refractivity contribution is 7.11. The van der Waals surface area contributed by atoms with Gasteiger partial charge in [0.2, 0.25) is 0 Å². The largest absolute Gasteiger partial charge is 0.360 e. The van der Waals surface area contributed by atoms with Gasteiger partial charge < -0.3 is 4.90 Å². The Morgan fingerprint density at radius 2 is 2.12 bits per heavy atom. The van der Waals surface area contributed by atoms with Gasteiger partial charge in [0.25, 0.3) is 0 Å². The number of nitrogens with zero attached hydrogens (tertiary/aromatic N) is 2. The number of halogens is 1. The molecule has 2 nitrogen and oxygen atoms in total. The molecule has 1 aromatic heterocycles. The minimum atomic E-state index is 0.663. The van der Waals surface area contributed by atoms with Crippen molar-refractivity contribution in [2.75, 3.05) is 23.9 Å². The van der Waals surface area contributed by atoms with Gasteiger partial charge in [0.15, 0.2) is 0 Å². The van der Waals surface area contributed by atoms with E-state index in [9.17, 15) is 0 Å². The fourth-order valence-electron chi connectivity index (χ4n) is 1.87. The van der Waals surface area contributed by atoms with E-state index < -0.39 is 0 Å². The second-order valence-corrected chi connectivity index (χ2v) is 5.16. The van der Waals surface area contributed by atoms with Crippen molar-refractivity contribution in [3.63, 3.8) is 0 Å². The Morgan fingerprint density at radius 3 is 2.88 bits per heavy atom. The molecule has 1 aromatic carbocycles. The van der Waals surface area contributed by atoms with Gasteiger partial charge in [-0.1, -0.05) is 25.5 Å². The van der Waals surface area contributed by atoms with E-state index in [1.807, 2.05) is 6.07 Å². The fourth-order valence-corrected chi connectivity index (χ4v) is 2.99. The van der Waals surface area contributed by atoms with Crippen LogP contribution in [0.3, 0.4) is 0 Å². The number of anilines is 1. The van der Waals surface area contributed by atoms with Crippen molar-refractivity contribution in [3.8, 4) is 0 Å². The Balaban J connectivity index is 2.27. The maximum absolute atomic E-state index is 5.89. The van der Waals surface area contributed by atoms with Crippen LogP contribution in [0.5, 0.6) is 0 Å². The first kappa shape index (κ1) is 12.7. The summed E-state index contributed by atoms with van der Waals surface area (Å²) in [5.41, 5.74) is 1.09. The monoisotopic (exact) mass is 268 g/mol. The van der Waals surface area contributed by atoms with E-state index in [0.29, 0.717) is 5.88 Å². The molecule has 0 bridgehead atoms. The minimum absolute atomic E-state index is 0.663. The number of hydrogen-bond donors (Lipinski definition) is 0. The highest BCUT2D eigenvalue weighted by atomic mass is 35.5. The third-order valence-corrected chi connectivity index (χ3v) is 3.90. The van der Waals surface area contributed by atoms with Crippen LogP contribution in [0.15, 0.2) is 24.3 Å². The zero-order valence-electron chi connectivity index (χ0n) is 10.0. The molecule has 92 valence electrons. The molecule has 0 spiro atoms. The van der Waals surface area contributed by atoms with E-state index in [0.717, 1.165) is 18.6 Å². The zero-order chi connectivity index (χ0) is 12.1. The van der Waals surface area contributed by atoms with Gasteiger partial charge in [0.1, 0.15) is 5.00 Å². The molecule has 1 heterocycles. The lowest BCUT2D eigenvalue weighted by atomic mass is 10.2. The Kier molecular flexibility index (Phi) is 4.63. The lowest BCUT2D eigenvalue weighted by Crippen LogP contribution is -2.25. The van der Waals surface area contributed by atoms with Crippen LogP contribution in [-0.4, -0.2) is 23.3 Å². The van der Waals surface area contributed by atoms with Crippen LogP contribution in [0.1, 0.15) is 19.8 Å². The molecule has 0 aliphatic rings. The number of fused-ring (bicyclic) bond motifs is 1. The predicted molar refractivity (Wildman–Crippen MR) is 77.5 cm³/mol. The van der Waals surface area contributed by atoms with Gasteiger partial charge in [-0.05, 0) is 30.1 Å². The SMILES string of the molecule is CCCCN(CCCl)c1snc2ccccc12. The third kappa shape index (κ3) is 2.90. The van der Waals surface area contributed by atoms with Crippen LogP contribution in [-0.2, 0) is 0 Å². The Labute approximate surface area is 111 Å². The number of unbranched alkanes of at least 4 members (excludes halogenated alkanes) is 1. The Hall–Kier alpha value is -0.800. The van der Waals surface area contributed by atoms with E-state index in [1.165, 1.54) is 23.2 Å². The summed E-state index contributed by atoms with van der Waals surface area (Å²) in [6.45, 7) is 4.17. The van der Waals surface area contributed by atoms with Gasteiger partial charge in [-0.3, -0.25) is 0 Å². The molecular weight excluding hydrogens is 252 g/mol. The molecule has 17 heavy (non-hydrogen) atoms. The van der Waals surface area contributed by atoms with E-state index >= 15 is 0 Å². The van der Waals surface area contributed by atoms with Crippen LogP contribution in [0.2, 0.25) is 0 Å². The van der Waals surface area contributed by atoms with Crippen molar-refractivity contribution in [2.24, 2.45) is 0 Å². The lowest BCUT2D eigenvalue weighted by Gasteiger charge is -2.21. The van der Waals surface area contributed by atoms with Gasteiger partial charge in [-0.25, -0.2) is 0 Å². The van der Waals surface area contributed by atoms with Crippen molar-refractivity contribution in [1.82, 2.24) is 4.37 Å². The highest BCUT2D eigenvalue weighted by Gasteiger charge is 2.12. The van der Waals surface area contributed by atoms with Crippen LogP contribution >= 0.6 is 23.1 Å². The summed E-state index contributed by atoms with van der Waals surface area (Å²) in [6, 6.07) is 8.30. The van der Waals surface area contributed by atoms with Crippen molar-refractivity contribution in [1.29, 1.82) is 0 Å². The summed E-state index contributed by atoms with van der Waals surface area (Å²) in [5, 5.41) is 2.51. The van der Waals surface area contributed by atoms with Gasteiger partial charge in [-0.2, -0.15) is 4.37 Å². The highest BCUT2D eigenvalue weighted by Crippen LogP contribution is 2.31. The fraction of sp³-hybridized carbons (Fsp3) is 0.462.